The summed E-state index contributed by atoms with van der Waals surface area (Å²) in [7, 11) is 0. The molecule has 0 spiro atoms. The van der Waals surface area contributed by atoms with Crippen molar-refractivity contribution in [2.75, 3.05) is 18.8 Å². The summed E-state index contributed by atoms with van der Waals surface area (Å²) in [5, 5.41) is 0. The van der Waals surface area contributed by atoms with Crippen molar-refractivity contribution < 1.29 is 0 Å². The molecule has 2 nitrogen and oxygen atoms in total. The van der Waals surface area contributed by atoms with Crippen LogP contribution in [0.15, 0.2) is 0 Å². The summed E-state index contributed by atoms with van der Waals surface area (Å²) in [6, 6.07) is 0.779. The van der Waals surface area contributed by atoms with Gasteiger partial charge in [-0.25, -0.2) is 0 Å². The maximum atomic E-state index is 6.37. The lowest BCUT2D eigenvalue weighted by Crippen LogP contribution is -2.59. The van der Waals surface area contributed by atoms with Gasteiger partial charge in [-0.1, -0.05) is 27.7 Å². The largest absolute Gasteiger partial charge is 0.326 e. The van der Waals surface area contributed by atoms with Crippen LogP contribution in [-0.2, 0) is 0 Å². The second-order valence-electron chi connectivity index (χ2n) is 6.96. The monoisotopic (exact) mass is 258 g/mol. The smallest absolute Gasteiger partial charge is 0.0296 e. The molecule has 0 aromatic heterocycles. The van der Waals surface area contributed by atoms with Gasteiger partial charge in [-0.2, -0.15) is 11.8 Å². The third kappa shape index (κ3) is 4.15. The minimum Gasteiger partial charge on any atom is -0.326 e. The molecule has 2 unspecified atom stereocenters. The van der Waals surface area contributed by atoms with E-state index in [2.05, 4.69) is 58.2 Å². The fourth-order valence-corrected chi connectivity index (χ4v) is 4.11. The van der Waals surface area contributed by atoms with E-state index in [1.165, 1.54) is 12.3 Å². The first-order valence-electron chi connectivity index (χ1n) is 6.81. The molecule has 1 fully saturated rings. The van der Waals surface area contributed by atoms with E-state index in [0.29, 0.717) is 10.8 Å². The minimum atomic E-state index is 0.257. The molecule has 2 atom stereocenters. The fourth-order valence-electron chi connectivity index (χ4n) is 2.97. The molecule has 0 saturated carbocycles. The Morgan fingerprint density at radius 2 is 1.94 bits per heavy atom. The number of nitrogens with two attached hydrogens (primary N) is 1. The second kappa shape index (κ2) is 5.50. The second-order valence-corrected chi connectivity index (χ2v) is 8.76. The topological polar surface area (TPSA) is 29.3 Å². The van der Waals surface area contributed by atoms with Gasteiger partial charge in [0, 0.05) is 35.7 Å². The maximum absolute atomic E-state index is 6.37. The van der Waals surface area contributed by atoms with Crippen LogP contribution in [0, 0.1) is 5.41 Å². The third-order valence-corrected chi connectivity index (χ3v) is 4.91. The van der Waals surface area contributed by atoms with E-state index in [-0.39, 0.29) is 11.5 Å². The predicted octanol–water partition coefficient (Wildman–Crippen LogP) is 2.97. The lowest BCUT2D eigenvalue weighted by Gasteiger charge is -2.48. The summed E-state index contributed by atoms with van der Waals surface area (Å²) in [5.74, 6) is 1.23. The summed E-state index contributed by atoms with van der Waals surface area (Å²) >= 11 is 2.09. The summed E-state index contributed by atoms with van der Waals surface area (Å²) < 4.78 is 0.370. The van der Waals surface area contributed by atoms with Gasteiger partial charge >= 0.3 is 0 Å². The van der Waals surface area contributed by atoms with E-state index in [9.17, 15) is 0 Å². The highest BCUT2D eigenvalue weighted by atomic mass is 32.2. The molecule has 0 bridgehead atoms. The van der Waals surface area contributed by atoms with E-state index < -0.39 is 0 Å². The molecule has 1 saturated heterocycles. The van der Waals surface area contributed by atoms with Crippen LogP contribution < -0.4 is 5.73 Å². The first-order chi connectivity index (χ1) is 7.67. The van der Waals surface area contributed by atoms with E-state index in [0.717, 1.165) is 13.0 Å². The van der Waals surface area contributed by atoms with Gasteiger partial charge in [-0.05, 0) is 25.7 Å². The molecule has 0 aromatic rings. The molecule has 0 aromatic carbocycles. The van der Waals surface area contributed by atoms with Gasteiger partial charge in [0.05, 0.1) is 0 Å². The van der Waals surface area contributed by atoms with E-state index in [1.807, 2.05) is 0 Å². The summed E-state index contributed by atoms with van der Waals surface area (Å²) in [6.07, 6.45) is 1.06. The molecule has 0 radical (unpaired) electrons. The van der Waals surface area contributed by atoms with Crippen LogP contribution in [0.25, 0.3) is 0 Å². The van der Waals surface area contributed by atoms with Crippen molar-refractivity contribution in [2.45, 2.75) is 64.8 Å². The standard InChI is InChI=1S/C14H30N2S/c1-7-11(15)12(13(2,3)4)16-8-9-17-14(5,6)10-16/h11-12H,7-10,15H2,1-6H3. The Balaban J connectivity index is 2.83. The normalized spacial score (nSPS) is 25.6. The predicted molar refractivity (Wildman–Crippen MR) is 79.6 cm³/mol. The molecule has 1 aliphatic rings. The van der Waals surface area contributed by atoms with Gasteiger partial charge in [0.25, 0.3) is 0 Å². The summed E-state index contributed by atoms with van der Waals surface area (Å²) in [4.78, 5) is 2.63. The van der Waals surface area contributed by atoms with Gasteiger partial charge < -0.3 is 5.73 Å². The highest BCUT2D eigenvalue weighted by Crippen LogP contribution is 2.35. The van der Waals surface area contributed by atoms with Gasteiger partial charge in [0.15, 0.2) is 0 Å². The third-order valence-electron chi connectivity index (χ3n) is 3.61. The van der Waals surface area contributed by atoms with Crippen LogP contribution in [0.5, 0.6) is 0 Å². The van der Waals surface area contributed by atoms with Crippen LogP contribution in [0.3, 0.4) is 0 Å². The first-order valence-corrected chi connectivity index (χ1v) is 7.79. The Hall–Kier alpha value is 0.270. The molecular weight excluding hydrogens is 228 g/mol. The Morgan fingerprint density at radius 1 is 1.35 bits per heavy atom. The molecule has 1 aliphatic heterocycles. The summed E-state index contributed by atoms with van der Waals surface area (Å²) in [5.41, 5.74) is 6.63. The number of rotatable bonds is 3. The van der Waals surface area contributed by atoms with Crippen LogP contribution in [-0.4, -0.2) is 40.6 Å². The average Bonchev–Trinajstić information content (AvgIpc) is 2.13. The van der Waals surface area contributed by atoms with Crippen molar-refractivity contribution >= 4 is 11.8 Å². The Bertz CT molecular complexity index is 245. The molecular formula is C14H30N2S. The molecule has 3 heteroatoms. The highest BCUT2D eigenvalue weighted by Gasteiger charge is 2.38. The van der Waals surface area contributed by atoms with Crippen molar-refractivity contribution in [3.05, 3.63) is 0 Å². The number of thioether (sulfide) groups is 1. The van der Waals surface area contributed by atoms with E-state index >= 15 is 0 Å². The molecule has 102 valence electrons. The van der Waals surface area contributed by atoms with E-state index in [1.54, 1.807) is 0 Å². The minimum absolute atomic E-state index is 0.257. The maximum Gasteiger partial charge on any atom is 0.0296 e. The highest BCUT2D eigenvalue weighted by molar-refractivity contribution is 8.00. The lowest BCUT2D eigenvalue weighted by molar-refractivity contribution is 0.0721. The molecule has 1 heterocycles. The summed E-state index contributed by atoms with van der Waals surface area (Å²) in [6.45, 7) is 16.2. The van der Waals surface area contributed by atoms with Gasteiger partial charge in [-0.3, -0.25) is 4.90 Å². The Morgan fingerprint density at radius 3 is 2.35 bits per heavy atom. The van der Waals surface area contributed by atoms with Crippen molar-refractivity contribution in [1.29, 1.82) is 0 Å². The number of hydrogen-bond donors (Lipinski definition) is 1. The Kier molecular flexibility index (Phi) is 4.96. The van der Waals surface area contributed by atoms with E-state index in [4.69, 9.17) is 5.73 Å². The lowest BCUT2D eigenvalue weighted by atomic mass is 9.80. The van der Waals surface area contributed by atoms with Crippen molar-refractivity contribution in [2.24, 2.45) is 11.1 Å². The van der Waals surface area contributed by atoms with Gasteiger partial charge in [0.2, 0.25) is 0 Å². The zero-order valence-corrected chi connectivity index (χ0v) is 13.2. The van der Waals surface area contributed by atoms with Crippen molar-refractivity contribution in [3.8, 4) is 0 Å². The first kappa shape index (κ1) is 15.3. The van der Waals surface area contributed by atoms with Crippen molar-refractivity contribution in [1.82, 2.24) is 4.90 Å². The molecule has 2 N–H and O–H groups in total. The number of nitrogens with zero attached hydrogens (tertiary/aromatic N) is 1. The van der Waals surface area contributed by atoms with Crippen LogP contribution in [0.1, 0.15) is 48.0 Å². The zero-order chi connectivity index (χ0) is 13.3. The Labute approximate surface area is 112 Å². The average molecular weight is 258 g/mol. The fraction of sp³-hybridized carbons (Fsp3) is 1.00. The number of hydrogen-bond acceptors (Lipinski definition) is 3. The van der Waals surface area contributed by atoms with Crippen LogP contribution >= 0.6 is 11.8 Å². The molecule has 0 amide bonds. The molecule has 0 aliphatic carbocycles. The zero-order valence-electron chi connectivity index (χ0n) is 12.4. The van der Waals surface area contributed by atoms with Gasteiger partial charge in [-0.15, -0.1) is 0 Å². The SMILES string of the molecule is CCC(N)C(N1CCSC(C)(C)C1)C(C)(C)C. The molecule has 1 rings (SSSR count). The quantitative estimate of drug-likeness (QED) is 0.844. The van der Waals surface area contributed by atoms with Gasteiger partial charge in [0.1, 0.15) is 0 Å². The van der Waals surface area contributed by atoms with Crippen molar-refractivity contribution in [3.63, 3.8) is 0 Å². The van der Waals surface area contributed by atoms with Crippen LogP contribution in [0.4, 0.5) is 0 Å². The molecule has 17 heavy (non-hydrogen) atoms. The van der Waals surface area contributed by atoms with Crippen LogP contribution in [0.2, 0.25) is 0 Å².